The van der Waals surface area contributed by atoms with Crippen LogP contribution in [0.15, 0.2) is 0 Å². The normalized spacial score (nSPS) is 13.8. The standard InChI is InChI=1S/C18H24N2O6S/c1-4-25-17(23)12-11(3)13(16(22)20-9-7-6-8-10-20)27-15(12)19-14(21)18(24)26-5-2/h4-10H2,1-3H3,(H,19,21). The Morgan fingerprint density at radius 3 is 2.26 bits per heavy atom. The molecule has 1 aromatic rings. The van der Waals surface area contributed by atoms with E-state index in [4.69, 9.17) is 4.74 Å². The molecule has 1 fully saturated rings. The fourth-order valence-corrected chi connectivity index (χ4v) is 4.00. The highest BCUT2D eigenvalue weighted by Crippen LogP contribution is 2.35. The second-order valence-corrected chi connectivity index (χ2v) is 7.03. The number of thiophene rings is 1. The summed E-state index contributed by atoms with van der Waals surface area (Å²) < 4.78 is 9.72. The molecule has 2 rings (SSSR count). The highest BCUT2D eigenvalue weighted by atomic mass is 32.1. The highest BCUT2D eigenvalue weighted by molar-refractivity contribution is 7.18. The molecule has 0 aliphatic carbocycles. The topological polar surface area (TPSA) is 102 Å². The summed E-state index contributed by atoms with van der Waals surface area (Å²) in [5, 5.41) is 2.50. The van der Waals surface area contributed by atoms with E-state index in [-0.39, 0.29) is 29.7 Å². The van der Waals surface area contributed by atoms with Crippen LogP contribution < -0.4 is 5.32 Å². The number of rotatable bonds is 5. The molecule has 1 aliphatic heterocycles. The number of ether oxygens (including phenoxy) is 2. The number of hydrogen-bond donors (Lipinski definition) is 1. The maximum absolute atomic E-state index is 12.9. The number of anilines is 1. The fraction of sp³-hybridized carbons (Fsp3) is 0.556. The first-order chi connectivity index (χ1) is 12.9. The average Bonchev–Trinajstić information content (AvgIpc) is 2.98. The molecule has 8 nitrogen and oxygen atoms in total. The third-order valence-electron chi connectivity index (χ3n) is 4.15. The molecule has 1 aliphatic rings. The maximum Gasteiger partial charge on any atom is 0.397 e. The Bertz CT molecular complexity index is 736. The van der Waals surface area contributed by atoms with Gasteiger partial charge in [-0.05, 0) is 45.6 Å². The van der Waals surface area contributed by atoms with Crippen LogP contribution in [0.5, 0.6) is 0 Å². The first kappa shape index (κ1) is 20.9. The van der Waals surface area contributed by atoms with Crippen molar-refractivity contribution in [3.05, 3.63) is 16.0 Å². The van der Waals surface area contributed by atoms with Crippen LogP contribution in [-0.2, 0) is 19.1 Å². The minimum Gasteiger partial charge on any atom is -0.462 e. The van der Waals surface area contributed by atoms with Crippen LogP contribution in [0.3, 0.4) is 0 Å². The number of nitrogens with zero attached hydrogens (tertiary/aromatic N) is 1. The van der Waals surface area contributed by atoms with Gasteiger partial charge in [-0.25, -0.2) is 9.59 Å². The van der Waals surface area contributed by atoms with E-state index in [1.807, 2.05) is 0 Å². The predicted octanol–water partition coefficient (Wildman–Crippen LogP) is 2.36. The van der Waals surface area contributed by atoms with E-state index in [1.165, 1.54) is 0 Å². The van der Waals surface area contributed by atoms with Gasteiger partial charge >= 0.3 is 17.8 Å². The van der Waals surface area contributed by atoms with E-state index in [0.717, 1.165) is 30.6 Å². The van der Waals surface area contributed by atoms with Gasteiger partial charge in [-0.3, -0.25) is 9.59 Å². The van der Waals surface area contributed by atoms with E-state index in [9.17, 15) is 19.2 Å². The summed E-state index contributed by atoms with van der Waals surface area (Å²) in [6.45, 7) is 6.41. The lowest BCUT2D eigenvalue weighted by Gasteiger charge is -2.26. The molecular weight excluding hydrogens is 372 g/mol. The molecule has 9 heteroatoms. The van der Waals surface area contributed by atoms with E-state index in [2.05, 4.69) is 10.1 Å². The number of nitrogens with one attached hydrogen (secondary N) is 1. The number of esters is 2. The Kier molecular flexibility index (Phi) is 7.35. The number of carbonyl (C=O) groups is 4. The zero-order chi connectivity index (χ0) is 20.0. The summed E-state index contributed by atoms with van der Waals surface area (Å²) in [5.41, 5.74) is 0.535. The van der Waals surface area contributed by atoms with Crippen LogP contribution in [0.4, 0.5) is 5.00 Å². The molecule has 0 atom stereocenters. The smallest absolute Gasteiger partial charge is 0.397 e. The number of piperidine rings is 1. The van der Waals surface area contributed by atoms with Gasteiger partial charge in [0.15, 0.2) is 0 Å². The third kappa shape index (κ3) is 4.85. The average molecular weight is 396 g/mol. The van der Waals surface area contributed by atoms with Gasteiger partial charge in [0.25, 0.3) is 5.91 Å². The van der Waals surface area contributed by atoms with Crippen molar-refractivity contribution in [3.63, 3.8) is 0 Å². The lowest BCUT2D eigenvalue weighted by Crippen LogP contribution is -2.35. The van der Waals surface area contributed by atoms with Crippen molar-refractivity contribution in [2.24, 2.45) is 0 Å². The molecule has 2 heterocycles. The molecule has 0 bridgehead atoms. The first-order valence-electron chi connectivity index (χ1n) is 8.98. The summed E-state index contributed by atoms with van der Waals surface area (Å²) >= 11 is 0.974. The SMILES string of the molecule is CCOC(=O)C(=O)Nc1sc(C(=O)N2CCCCC2)c(C)c1C(=O)OCC. The van der Waals surface area contributed by atoms with Crippen LogP contribution >= 0.6 is 11.3 Å². The van der Waals surface area contributed by atoms with Gasteiger partial charge in [-0.15, -0.1) is 11.3 Å². The maximum atomic E-state index is 12.9. The summed E-state index contributed by atoms with van der Waals surface area (Å²) in [7, 11) is 0. The van der Waals surface area contributed by atoms with Gasteiger partial charge in [0, 0.05) is 13.1 Å². The second kappa shape index (κ2) is 9.50. The Hall–Kier alpha value is -2.42. The molecule has 1 aromatic heterocycles. The molecule has 148 valence electrons. The monoisotopic (exact) mass is 396 g/mol. The zero-order valence-corrected chi connectivity index (χ0v) is 16.6. The number of hydrogen-bond acceptors (Lipinski definition) is 7. The summed E-state index contributed by atoms with van der Waals surface area (Å²) in [4.78, 5) is 50.9. The highest BCUT2D eigenvalue weighted by Gasteiger charge is 2.30. The molecular formula is C18H24N2O6S. The van der Waals surface area contributed by atoms with Crippen molar-refractivity contribution in [2.75, 3.05) is 31.6 Å². The number of likely N-dealkylation sites (tertiary alicyclic amines) is 1. The van der Waals surface area contributed by atoms with Crippen molar-refractivity contribution >= 4 is 40.1 Å². The van der Waals surface area contributed by atoms with Gasteiger partial charge in [0.05, 0.1) is 23.7 Å². The number of carbonyl (C=O) groups excluding carboxylic acids is 4. The van der Waals surface area contributed by atoms with Gasteiger partial charge in [-0.2, -0.15) is 0 Å². The first-order valence-corrected chi connectivity index (χ1v) is 9.80. The van der Waals surface area contributed by atoms with Crippen LogP contribution in [0, 0.1) is 6.92 Å². The molecule has 0 spiro atoms. The van der Waals surface area contributed by atoms with E-state index >= 15 is 0 Å². The van der Waals surface area contributed by atoms with Crippen molar-refractivity contribution in [2.45, 2.75) is 40.0 Å². The summed E-state index contributed by atoms with van der Waals surface area (Å²) in [6, 6.07) is 0. The molecule has 0 unspecified atom stereocenters. The minimum absolute atomic E-state index is 0.0547. The van der Waals surface area contributed by atoms with Gasteiger partial charge in [0.2, 0.25) is 0 Å². The third-order valence-corrected chi connectivity index (χ3v) is 5.35. The van der Waals surface area contributed by atoms with Gasteiger partial charge in [-0.1, -0.05) is 0 Å². The van der Waals surface area contributed by atoms with Crippen LogP contribution in [0.25, 0.3) is 0 Å². The molecule has 2 amide bonds. The predicted molar refractivity (Wildman–Crippen MR) is 100 cm³/mol. The lowest BCUT2D eigenvalue weighted by molar-refractivity contribution is -0.152. The van der Waals surface area contributed by atoms with Crippen LogP contribution in [-0.4, -0.2) is 55.0 Å². The lowest BCUT2D eigenvalue weighted by atomic mass is 10.1. The molecule has 0 saturated carbocycles. The summed E-state index contributed by atoms with van der Waals surface area (Å²) in [5.74, 6) is -2.88. The van der Waals surface area contributed by atoms with Crippen molar-refractivity contribution in [3.8, 4) is 0 Å². The Morgan fingerprint density at radius 2 is 1.67 bits per heavy atom. The molecule has 1 N–H and O–H groups in total. The van der Waals surface area contributed by atoms with Gasteiger partial charge in [0.1, 0.15) is 5.00 Å². The Labute approximate surface area is 161 Å². The van der Waals surface area contributed by atoms with E-state index in [1.54, 1.807) is 25.7 Å². The van der Waals surface area contributed by atoms with Crippen molar-refractivity contribution in [1.82, 2.24) is 4.90 Å². The molecule has 0 aromatic carbocycles. The summed E-state index contributed by atoms with van der Waals surface area (Å²) in [6.07, 6.45) is 2.96. The molecule has 0 radical (unpaired) electrons. The quantitative estimate of drug-likeness (QED) is 0.606. The largest absolute Gasteiger partial charge is 0.462 e. The molecule has 1 saturated heterocycles. The van der Waals surface area contributed by atoms with E-state index in [0.29, 0.717) is 23.5 Å². The second-order valence-electron chi connectivity index (χ2n) is 6.01. The minimum atomic E-state index is -1.05. The Balaban J connectivity index is 2.35. The zero-order valence-electron chi connectivity index (χ0n) is 15.8. The fourth-order valence-electron chi connectivity index (χ4n) is 2.85. The van der Waals surface area contributed by atoms with Crippen molar-refractivity contribution in [1.29, 1.82) is 0 Å². The van der Waals surface area contributed by atoms with Crippen LogP contribution in [0.2, 0.25) is 0 Å². The number of amides is 2. The van der Waals surface area contributed by atoms with E-state index < -0.39 is 17.8 Å². The Morgan fingerprint density at radius 1 is 1.04 bits per heavy atom. The molecule has 27 heavy (non-hydrogen) atoms. The van der Waals surface area contributed by atoms with Gasteiger partial charge < -0.3 is 19.7 Å². The van der Waals surface area contributed by atoms with Crippen molar-refractivity contribution < 1.29 is 28.7 Å². The van der Waals surface area contributed by atoms with Crippen LogP contribution in [0.1, 0.15) is 58.7 Å².